The van der Waals surface area contributed by atoms with E-state index in [-0.39, 0.29) is 42.6 Å². The number of halogens is 2. The van der Waals surface area contributed by atoms with E-state index in [0.29, 0.717) is 39.1 Å². The summed E-state index contributed by atoms with van der Waals surface area (Å²) < 4.78 is 6.43. The molecule has 0 aliphatic carbocycles. The molecule has 1 aliphatic heterocycles. The number of phenolic OH excluding ortho intramolecular Hbond substituents is 1. The number of benzene rings is 1. The van der Waals surface area contributed by atoms with Crippen LogP contribution >= 0.6 is 31.9 Å². The number of phenols is 1. The van der Waals surface area contributed by atoms with Crippen LogP contribution in [0.2, 0.25) is 0 Å². The van der Waals surface area contributed by atoms with Crippen LogP contribution in [-0.2, 0) is 0 Å². The van der Waals surface area contributed by atoms with Crippen molar-refractivity contribution >= 4 is 43.5 Å². The van der Waals surface area contributed by atoms with Crippen LogP contribution < -0.4 is 39.2 Å². The summed E-state index contributed by atoms with van der Waals surface area (Å²) in [5, 5.41) is 9.73. The fourth-order valence-corrected chi connectivity index (χ4v) is 3.31. The predicted molar refractivity (Wildman–Crippen MR) is 86.0 cm³/mol. The van der Waals surface area contributed by atoms with Gasteiger partial charge >= 0.3 is 29.6 Å². The van der Waals surface area contributed by atoms with Gasteiger partial charge < -0.3 is 16.2 Å². The molecular weight excluding hydrogens is 427 g/mol. The monoisotopic (exact) mass is 436 g/mol. The second kappa shape index (κ2) is 7.31. The summed E-state index contributed by atoms with van der Waals surface area (Å²) in [5.41, 5.74) is 1.11. The van der Waals surface area contributed by atoms with Gasteiger partial charge in [-0.3, -0.25) is 9.78 Å². The Balaban J connectivity index is 0.00000132. The zero-order valence-corrected chi connectivity index (χ0v) is 16.9. The number of rotatable bonds is 1. The van der Waals surface area contributed by atoms with Crippen LogP contribution in [0.5, 0.6) is 11.5 Å². The van der Waals surface area contributed by atoms with Crippen LogP contribution in [0.1, 0.15) is 11.8 Å². The van der Waals surface area contributed by atoms with Crippen LogP contribution in [0.15, 0.2) is 39.5 Å². The van der Waals surface area contributed by atoms with E-state index in [4.69, 9.17) is 4.74 Å². The number of hydrogen-bond donors (Lipinski definition) is 1. The van der Waals surface area contributed by atoms with Gasteiger partial charge in [-0.15, -0.1) is 0 Å². The minimum absolute atomic E-state index is 0. The smallest absolute Gasteiger partial charge is 1.00 e. The first-order chi connectivity index (χ1) is 10.1. The average Bonchev–Trinajstić information content (AvgIpc) is 2.51. The summed E-state index contributed by atoms with van der Waals surface area (Å²) >= 11 is 6.47. The second-order valence-corrected chi connectivity index (χ2v) is 6.15. The van der Waals surface area contributed by atoms with Crippen molar-refractivity contribution in [1.29, 1.82) is 0 Å². The van der Waals surface area contributed by atoms with Gasteiger partial charge in [-0.1, -0.05) is 0 Å². The Morgan fingerprint density at radius 1 is 1.36 bits per heavy atom. The summed E-state index contributed by atoms with van der Waals surface area (Å²) in [6.07, 6.45) is 3.23. The van der Waals surface area contributed by atoms with Gasteiger partial charge in [0.05, 0.1) is 21.7 Å². The molecule has 2 aromatic rings. The van der Waals surface area contributed by atoms with Crippen molar-refractivity contribution < 1.29 is 45.6 Å². The number of aromatic nitrogens is 1. The number of carbonyl (C=O) groups is 1. The van der Waals surface area contributed by atoms with Crippen LogP contribution in [0.4, 0.5) is 5.69 Å². The number of fused-ring (bicyclic) bond motifs is 1. The Morgan fingerprint density at radius 2 is 2.05 bits per heavy atom. The van der Waals surface area contributed by atoms with E-state index in [1.807, 2.05) is 0 Å². The van der Waals surface area contributed by atoms with Gasteiger partial charge in [-0.25, -0.2) is 0 Å². The first-order valence-electron chi connectivity index (χ1n) is 6.14. The molecule has 2 heterocycles. The minimum atomic E-state index is -0.172. The van der Waals surface area contributed by atoms with Gasteiger partial charge in [0.2, 0.25) is 0 Å². The zero-order chi connectivity index (χ0) is 15.0. The van der Waals surface area contributed by atoms with E-state index < -0.39 is 0 Å². The SMILES string of the molecule is O=C(c1cc(Br)c(O)c(Br)c1)N1CCOc2ccncc21.[H-].[Na+]. The fraction of sp³-hybridized carbons (Fsp3) is 0.143. The van der Waals surface area contributed by atoms with Crippen molar-refractivity contribution in [3.8, 4) is 11.5 Å². The molecule has 0 fully saturated rings. The van der Waals surface area contributed by atoms with Gasteiger partial charge in [0.1, 0.15) is 23.8 Å². The number of carbonyl (C=O) groups excluding carboxylic acids is 1. The summed E-state index contributed by atoms with van der Waals surface area (Å²) in [6.45, 7) is 0.886. The molecule has 8 heteroatoms. The maximum Gasteiger partial charge on any atom is 1.00 e. The van der Waals surface area contributed by atoms with Crippen molar-refractivity contribution in [2.24, 2.45) is 0 Å². The molecule has 3 rings (SSSR count). The van der Waals surface area contributed by atoms with E-state index in [1.165, 1.54) is 0 Å². The second-order valence-electron chi connectivity index (χ2n) is 4.44. The van der Waals surface area contributed by atoms with E-state index in [2.05, 4.69) is 36.8 Å². The third kappa shape index (κ3) is 3.33. The van der Waals surface area contributed by atoms with Crippen molar-refractivity contribution in [1.82, 2.24) is 4.98 Å². The van der Waals surface area contributed by atoms with E-state index in [1.54, 1.807) is 35.5 Å². The zero-order valence-electron chi connectivity index (χ0n) is 12.7. The van der Waals surface area contributed by atoms with Crippen LogP contribution in [0.3, 0.4) is 0 Å². The summed E-state index contributed by atoms with van der Waals surface area (Å²) in [5.74, 6) is 0.533. The third-order valence-electron chi connectivity index (χ3n) is 3.13. The molecular formula is C14H11Br2N2NaO3. The van der Waals surface area contributed by atoms with Crippen LogP contribution in [0, 0.1) is 0 Å². The third-order valence-corrected chi connectivity index (χ3v) is 4.34. The van der Waals surface area contributed by atoms with Crippen LogP contribution in [-0.4, -0.2) is 29.1 Å². The quantitative estimate of drug-likeness (QED) is 0.659. The Morgan fingerprint density at radius 3 is 2.73 bits per heavy atom. The minimum Gasteiger partial charge on any atom is -1.00 e. The summed E-state index contributed by atoms with van der Waals surface area (Å²) in [6, 6.07) is 4.92. The first kappa shape index (κ1) is 17.7. The Bertz CT molecular complexity index is 710. The number of pyridine rings is 1. The number of anilines is 1. The molecule has 1 N–H and O–H groups in total. The molecule has 1 aliphatic rings. The molecule has 0 radical (unpaired) electrons. The number of aromatic hydroxyl groups is 1. The number of amides is 1. The molecule has 0 atom stereocenters. The van der Waals surface area contributed by atoms with Gasteiger partial charge in [0.15, 0.2) is 0 Å². The summed E-state index contributed by atoms with van der Waals surface area (Å²) in [4.78, 5) is 18.4. The molecule has 0 unspecified atom stereocenters. The van der Waals surface area contributed by atoms with Gasteiger partial charge in [-0.05, 0) is 44.0 Å². The maximum absolute atomic E-state index is 12.7. The topological polar surface area (TPSA) is 62.7 Å². The van der Waals surface area contributed by atoms with E-state index >= 15 is 0 Å². The Kier molecular flexibility index (Phi) is 5.90. The molecule has 0 bridgehead atoms. The van der Waals surface area contributed by atoms with Crippen molar-refractivity contribution in [3.63, 3.8) is 0 Å². The van der Waals surface area contributed by atoms with Gasteiger partial charge in [0.25, 0.3) is 5.91 Å². The predicted octanol–water partition coefficient (Wildman–Crippen LogP) is 0.468. The fourth-order valence-electron chi connectivity index (χ4n) is 2.12. The average molecular weight is 438 g/mol. The van der Waals surface area contributed by atoms with Gasteiger partial charge in [-0.2, -0.15) is 0 Å². The molecule has 1 aromatic heterocycles. The Hall–Kier alpha value is -0.600. The molecule has 5 nitrogen and oxygen atoms in total. The molecule has 0 spiro atoms. The largest absolute Gasteiger partial charge is 1.00 e. The number of ether oxygens (including phenoxy) is 1. The molecule has 110 valence electrons. The summed E-state index contributed by atoms with van der Waals surface area (Å²) in [7, 11) is 0. The van der Waals surface area contributed by atoms with Crippen molar-refractivity contribution in [2.45, 2.75) is 0 Å². The van der Waals surface area contributed by atoms with Gasteiger partial charge in [0, 0.05) is 17.8 Å². The molecule has 1 aromatic carbocycles. The van der Waals surface area contributed by atoms with E-state index in [9.17, 15) is 9.90 Å². The number of hydrogen-bond acceptors (Lipinski definition) is 4. The molecule has 0 saturated carbocycles. The maximum atomic E-state index is 12.7. The molecule has 0 saturated heterocycles. The Labute approximate surface area is 167 Å². The van der Waals surface area contributed by atoms with E-state index in [0.717, 1.165) is 0 Å². The molecule has 22 heavy (non-hydrogen) atoms. The van der Waals surface area contributed by atoms with Crippen molar-refractivity contribution in [2.75, 3.05) is 18.1 Å². The number of nitrogens with zero attached hydrogens (tertiary/aromatic N) is 2. The normalized spacial score (nSPS) is 12.9. The molecule has 1 amide bonds. The first-order valence-corrected chi connectivity index (χ1v) is 7.73. The standard InChI is InChI=1S/C14H10Br2N2O3.Na.H/c15-9-5-8(6-10(16)13(9)19)14(20)18-3-4-21-12-1-2-17-7-11(12)18;;/h1-2,5-7,19H,3-4H2;;/q;+1;-1. The van der Waals surface area contributed by atoms with Crippen molar-refractivity contribution in [3.05, 3.63) is 45.1 Å². The van der Waals surface area contributed by atoms with Crippen LogP contribution in [0.25, 0.3) is 0 Å².